The maximum Gasteiger partial charge on any atom is 0.178 e. The van der Waals surface area contributed by atoms with E-state index in [1.807, 2.05) is 35.4 Å². The van der Waals surface area contributed by atoms with Crippen LogP contribution >= 0.6 is 12.2 Å². The van der Waals surface area contributed by atoms with Crippen molar-refractivity contribution >= 4 is 23.0 Å². The number of ether oxygens (including phenoxy) is 1. The molecule has 2 rings (SSSR count). The van der Waals surface area contributed by atoms with Crippen molar-refractivity contribution in [2.75, 3.05) is 12.0 Å². The minimum Gasteiger partial charge on any atom is -0.497 e. The first kappa shape index (κ1) is 11.9. The van der Waals surface area contributed by atoms with Crippen molar-refractivity contribution < 1.29 is 4.74 Å². The van der Waals surface area contributed by atoms with Gasteiger partial charge in [-0.1, -0.05) is 6.07 Å². The molecule has 0 aliphatic carbocycles. The summed E-state index contributed by atoms with van der Waals surface area (Å²) in [5.74, 6) is 0.823. The monoisotopic (exact) mass is 248 g/mol. The second-order valence-corrected chi connectivity index (χ2v) is 4.93. The SMILES string of the molecule is COc1cccc(N2C=CC(C)(C)NC2=S)c1. The van der Waals surface area contributed by atoms with Crippen LogP contribution < -0.4 is 15.0 Å². The zero-order chi connectivity index (χ0) is 12.5. The maximum atomic E-state index is 5.36. The molecule has 1 aromatic rings. The Morgan fingerprint density at radius 1 is 1.35 bits per heavy atom. The summed E-state index contributed by atoms with van der Waals surface area (Å²) >= 11 is 5.36. The average Bonchev–Trinajstić information content (AvgIpc) is 2.28. The molecule has 1 N–H and O–H groups in total. The largest absolute Gasteiger partial charge is 0.497 e. The van der Waals surface area contributed by atoms with E-state index in [4.69, 9.17) is 17.0 Å². The molecule has 0 radical (unpaired) electrons. The van der Waals surface area contributed by atoms with Crippen molar-refractivity contribution in [2.24, 2.45) is 0 Å². The molecule has 1 aliphatic rings. The first-order valence-electron chi connectivity index (χ1n) is 5.47. The number of rotatable bonds is 2. The van der Waals surface area contributed by atoms with E-state index < -0.39 is 0 Å². The summed E-state index contributed by atoms with van der Waals surface area (Å²) in [6, 6.07) is 7.82. The van der Waals surface area contributed by atoms with E-state index in [-0.39, 0.29) is 5.54 Å². The molecule has 17 heavy (non-hydrogen) atoms. The van der Waals surface area contributed by atoms with Gasteiger partial charge in [0, 0.05) is 12.3 Å². The normalized spacial score (nSPS) is 17.8. The van der Waals surface area contributed by atoms with Gasteiger partial charge in [-0.15, -0.1) is 0 Å². The Morgan fingerprint density at radius 3 is 2.76 bits per heavy atom. The van der Waals surface area contributed by atoms with Crippen LogP contribution in [0.2, 0.25) is 0 Å². The number of benzene rings is 1. The Labute approximate surface area is 107 Å². The number of nitrogens with zero attached hydrogens (tertiary/aromatic N) is 1. The lowest BCUT2D eigenvalue weighted by atomic mass is 10.0. The van der Waals surface area contributed by atoms with Crippen LogP contribution in [-0.2, 0) is 0 Å². The van der Waals surface area contributed by atoms with E-state index in [1.54, 1.807) is 7.11 Å². The van der Waals surface area contributed by atoms with Crippen LogP contribution in [0.15, 0.2) is 36.5 Å². The van der Waals surface area contributed by atoms with Crippen LogP contribution in [0.25, 0.3) is 0 Å². The fourth-order valence-electron chi connectivity index (χ4n) is 1.67. The summed E-state index contributed by atoms with van der Waals surface area (Å²) in [6.45, 7) is 4.16. The molecule has 0 atom stereocenters. The summed E-state index contributed by atoms with van der Waals surface area (Å²) in [7, 11) is 1.66. The van der Waals surface area contributed by atoms with Crippen molar-refractivity contribution in [3.8, 4) is 5.75 Å². The summed E-state index contributed by atoms with van der Waals surface area (Å²) in [5, 5.41) is 3.97. The van der Waals surface area contributed by atoms with Gasteiger partial charge in [0.15, 0.2) is 5.11 Å². The molecule has 0 saturated carbocycles. The minimum atomic E-state index is -0.0908. The van der Waals surface area contributed by atoms with Crippen LogP contribution in [0, 0.1) is 0 Å². The molecule has 90 valence electrons. The average molecular weight is 248 g/mol. The molecular weight excluding hydrogens is 232 g/mol. The number of hydrogen-bond acceptors (Lipinski definition) is 2. The fourth-order valence-corrected chi connectivity index (χ4v) is 2.10. The van der Waals surface area contributed by atoms with Gasteiger partial charge in [-0.25, -0.2) is 0 Å². The van der Waals surface area contributed by atoms with Gasteiger partial charge in [0.2, 0.25) is 0 Å². The lowest BCUT2D eigenvalue weighted by Crippen LogP contribution is -2.51. The number of methoxy groups -OCH3 is 1. The molecule has 0 fully saturated rings. The fraction of sp³-hybridized carbons (Fsp3) is 0.308. The van der Waals surface area contributed by atoms with Crippen molar-refractivity contribution in [2.45, 2.75) is 19.4 Å². The Bertz CT molecular complexity index is 468. The molecule has 1 aromatic carbocycles. The number of anilines is 1. The Hall–Kier alpha value is -1.55. The van der Waals surface area contributed by atoms with Crippen molar-refractivity contribution in [3.05, 3.63) is 36.5 Å². The molecule has 0 amide bonds. The van der Waals surface area contributed by atoms with Crippen molar-refractivity contribution in [1.82, 2.24) is 5.32 Å². The summed E-state index contributed by atoms with van der Waals surface area (Å²) in [4.78, 5) is 1.93. The van der Waals surface area contributed by atoms with E-state index in [0.29, 0.717) is 5.11 Å². The first-order chi connectivity index (χ1) is 8.02. The van der Waals surface area contributed by atoms with E-state index in [0.717, 1.165) is 11.4 Å². The third-order valence-electron chi connectivity index (χ3n) is 2.62. The molecule has 0 bridgehead atoms. The van der Waals surface area contributed by atoms with Crippen molar-refractivity contribution in [1.29, 1.82) is 0 Å². The highest BCUT2D eigenvalue weighted by Gasteiger charge is 2.23. The zero-order valence-electron chi connectivity index (χ0n) is 10.2. The van der Waals surface area contributed by atoms with Gasteiger partial charge in [0.1, 0.15) is 5.75 Å². The highest BCUT2D eigenvalue weighted by molar-refractivity contribution is 7.80. The molecule has 1 heterocycles. The predicted octanol–water partition coefficient (Wildman–Crippen LogP) is 2.68. The van der Waals surface area contributed by atoms with Gasteiger partial charge in [-0.05, 0) is 44.3 Å². The summed E-state index contributed by atoms with van der Waals surface area (Å²) in [6.07, 6.45) is 4.08. The van der Waals surface area contributed by atoms with Gasteiger partial charge in [0.05, 0.1) is 18.3 Å². The lowest BCUT2D eigenvalue weighted by molar-refractivity contribution is 0.415. The lowest BCUT2D eigenvalue weighted by Gasteiger charge is -2.34. The van der Waals surface area contributed by atoms with Crippen molar-refractivity contribution in [3.63, 3.8) is 0 Å². The second kappa shape index (κ2) is 4.37. The Balaban J connectivity index is 2.31. The quantitative estimate of drug-likeness (QED) is 0.813. The molecule has 0 aromatic heterocycles. The molecular formula is C13H16N2OS. The topological polar surface area (TPSA) is 24.5 Å². The van der Waals surface area contributed by atoms with E-state index in [9.17, 15) is 0 Å². The van der Waals surface area contributed by atoms with Gasteiger partial charge < -0.3 is 10.1 Å². The van der Waals surface area contributed by atoms with Gasteiger partial charge in [-0.2, -0.15) is 0 Å². The number of hydrogen-bond donors (Lipinski definition) is 1. The number of nitrogens with one attached hydrogen (secondary N) is 1. The van der Waals surface area contributed by atoms with Crippen LogP contribution in [0.5, 0.6) is 5.75 Å². The van der Waals surface area contributed by atoms with Gasteiger partial charge >= 0.3 is 0 Å². The van der Waals surface area contributed by atoms with Gasteiger partial charge in [-0.3, -0.25) is 4.90 Å². The molecule has 3 nitrogen and oxygen atoms in total. The summed E-state index contributed by atoms with van der Waals surface area (Å²) in [5.41, 5.74) is 0.903. The molecule has 4 heteroatoms. The van der Waals surface area contributed by atoms with E-state index >= 15 is 0 Å². The maximum absolute atomic E-state index is 5.36. The third kappa shape index (κ3) is 2.58. The minimum absolute atomic E-state index is 0.0908. The third-order valence-corrected chi connectivity index (χ3v) is 2.92. The molecule has 0 saturated heterocycles. The zero-order valence-corrected chi connectivity index (χ0v) is 11.0. The van der Waals surface area contributed by atoms with E-state index in [1.165, 1.54) is 0 Å². The van der Waals surface area contributed by atoms with E-state index in [2.05, 4.69) is 25.2 Å². The smallest absolute Gasteiger partial charge is 0.178 e. The highest BCUT2D eigenvalue weighted by Crippen LogP contribution is 2.24. The molecule has 0 unspecified atom stereocenters. The number of thiocarbonyl (C=S) groups is 1. The Morgan fingerprint density at radius 2 is 2.12 bits per heavy atom. The highest BCUT2D eigenvalue weighted by atomic mass is 32.1. The molecule has 0 spiro atoms. The standard InChI is InChI=1S/C13H16N2OS/c1-13(2)7-8-15(12(17)14-13)10-5-4-6-11(9-10)16-3/h4-9H,1-3H3,(H,14,17). The second-order valence-electron chi connectivity index (χ2n) is 4.54. The Kier molecular flexibility index (Phi) is 3.07. The van der Waals surface area contributed by atoms with Gasteiger partial charge in [0.25, 0.3) is 0 Å². The van der Waals surface area contributed by atoms with Crippen LogP contribution in [0.3, 0.4) is 0 Å². The molecule has 1 aliphatic heterocycles. The summed E-state index contributed by atoms with van der Waals surface area (Å²) < 4.78 is 5.21. The predicted molar refractivity (Wildman–Crippen MR) is 74.4 cm³/mol. The van der Waals surface area contributed by atoms with Crippen LogP contribution in [0.1, 0.15) is 13.8 Å². The van der Waals surface area contributed by atoms with Crippen LogP contribution in [-0.4, -0.2) is 17.8 Å². The first-order valence-corrected chi connectivity index (χ1v) is 5.87. The van der Waals surface area contributed by atoms with Crippen LogP contribution in [0.4, 0.5) is 5.69 Å².